The summed E-state index contributed by atoms with van der Waals surface area (Å²) in [5.41, 5.74) is 6.63. The number of hydrogen-bond acceptors (Lipinski definition) is 4. The van der Waals surface area contributed by atoms with Crippen molar-refractivity contribution >= 4 is 11.5 Å². The zero-order valence-corrected chi connectivity index (χ0v) is 7.87. The van der Waals surface area contributed by atoms with Gasteiger partial charge in [-0.05, 0) is 0 Å². The van der Waals surface area contributed by atoms with Crippen molar-refractivity contribution in [3.8, 4) is 11.5 Å². The van der Waals surface area contributed by atoms with Gasteiger partial charge in [0.2, 0.25) is 0 Å². The summed E-state index contributed by atoms with van der Waals surface area (Å²) in [4.78, 5) is 11.5. The number of hydrogen-bond donors (Lipinski definition) is 1. The van der Waals surface area contributed by atoms with Crippen LogP contribution < -0.4 is 15.2 Å². The predicted molar refractivity (Wildman–Crippen MR) is 51.8 cm³/mol. The fraction of sp³-hybridized carbons (Fsp3) is 0.300. The van der Waals surface area contributed by atoms with E-state index in [9.17, 15) is 4.79 Å². The summed E-state index contributed by atoms with van der Waals surface area (Å²) in [6.45, 7) is 0.415. The monoisotopic (exact) mass is 193 g/mol. The molecule has 74 valence electrons. The lowest BCUT2D eigenvalue weighted by atomic mass is 10.0. The van der Waals surface area contributed by atoms with E-state index >= 15 is 0 Å². The number of nitrogen functional groups attached to an aromatic ring is 1. The Hall–Kier alpha value is -1.71. The minimum Gasteiger partial charge on any atom is -0.497 e. The first-order valence-corrected chi connectivity index (χ1v) is 4.36. The van der Waals surface area contributed by atoms with Gasteiger partial charge in [-0.15, -0.1) is 0 Å². The van der Waals surface area contributed by atoms with E-state index in [1.54, 1.807) is 19.2 Å². The summed E-state index contributed by atoms with van der Waals surface area (Å²) in [6.07, 6.45) is 0.392. The van der Waals surface area contributed by atoms with E-state index in [-0.39, 0.29) is 5.78 Å². The first-order chi connectivity index (χ1) is 6.72. The molecule has 0 saturated heterocycles. The molecule has 14 heavy (non-hydrogen) atoms. The third-order valence-corrected chi connectivity index (χ3v) is 2.21. The van der Waals surface area contributed by atoms with Gasteiger partial charge in [-0.25, -0.2) is 0 Å². The van der Waals surface area contributed by atoms with E-state index < -0.39 is 0 Å². The molecule has 4 nitrogen and oxygen atoms in total. The topological polar surface area (TPSA) is 61.6 Å². The van der Waals surface area contributed by atoms with Crippen molar-refractivity contribution in [2.24, 2.45) is 0 Å². The van der Waals surface area contributed by atoms with Crippen molar-refractivity contribution in [1.82, 2.24) is 0 Å². The number of methoxy groups -OCH3 is 1. The Bertz CT molecular complexity index is 387. The standard InChI is InChI=1S/C10H11NO3/c1-13-6-4-7(11)10-8(12)2-3-14-9(10)5-6/h4-5H,2-3,11H2,1H3. The lowest BCUT2D eigenvalue weighted by molar-refractivity contribution is 0.0934. The Kier molecular flexibility index (Phi) is 2.04. The van der Waals surface area contributed by atoms with Gasteiger partial charge in [-0.3, -0.25) is 4.79 Å². The summed E-state index contributed by atoms with van der Waals surface area (Å²) in [7, 11) is 1.55. The van der Waals surface area contributed by atoms with Crippen molar-refractivity contribution in [3.63, 3.8) is 0 Å². The molecule has 0 fully saturated rings. The van der Waals surface area contributed by atoms with Gasteiger partial charge in [0.05, 0.1) is 19.3 Å². The van der Waals surface area contributed by atoms with Crippen molar-refractivity contribution in [1.29, 1.82) is 0 Å². The Morgan fingerprint density at radius 3 is 3.00 bits per heavy atom. The Morgan fingerprint density at radius 1 is 1.50 bits per heavy atom. The Balaban J connectivity index is 2.56. The second kappa shape index (κ2) is 3.21. The number of nitrogens with two attached hydrogens (primary N) is 1. The fourth-order valence-corrected chi connectivity index (χ4v) is 1.52. The van der Waals surface area contributed by atoms with Gasteiger partial charge >= 0.3 is 0 Å². The SMILES string of the molecule is COc1cc(N)c2c(c1)OCCC2=O. The number of Topliss-reactive ketones (excluding diaryl/α,β-unsaturated/α-hetero) is 1. The van der Waals surface area contributed by atoms with Crippen LogP contribution in [0.3, 0.4) is 0 Å². The highest BCUT2D eigenvalue weighted by atomic mass is 16.5. The second-order valence-electron chi connectivity index (χ2n) is 3.11. The smallest absolute Gasteiger partial charge is 0.172 e. The molecule has 0 aromatic heterocycles. The molecule has 1 aromatic rings. The van der Waals surface area contributed by atoms with Crippen LogP contribution in [0, 0.1) is 0 Å². The summed E-state index contributed by atoms with van der Waals surface area (Å²) in [5, 5.41) is 0. The van der Waals surface area contributed by atoms with E-state index in [0.29, 0.717) is 35.8 Å². The molecule has 1 aliphatic rings. The van der Waals surface area contributed by atoms with Crippen molar-refractivity contribution < 1.29 is 14.3 Å². The van der Waals surface area contributed by atoms with E-state index in [4.69, 9.17) is 15.2 Å². The van der Waals surface area contributed by atoms with Crippen LogP contribution in [0.5, 0.6) is 11.5 Å². The second-order valence-corrected chi connectivity index (χ2v) is 3.11. The van der Waals surface area contributed by atoms with Gasteiger partial charge in [0.15, 0.2) is 5.78 Å². The van der Waals surface area contributed by atoms with Crippen LogP contribution in [0.25, 0.3) is 0 Å². The maximum absolute atomic E-state index is 11.5. The third kappa shape index (κ3) is 1.28. The van der Waals surface area contributed by atoms with Crippen molar-refractivity contribution in [2.75, 3.05) is 19.5 Å². The van der Waals surface area contributed by atoms with E-state index in [1.807, 2.05) is 0 Å². The van der Waals surface area contributed by atoms with Gasteiger partial charge in [0, 0.05) is 24.2 Å². The molecule has 0 saturated carbocycles. The lowest BCUT2D eigenvalue weighted by Gasteiger charge is -2.18. The molecule has 0 amide bonds. The van der Waals surface area contributed by atoms with Gasteiger partial charge in [0.25, 0.3) is 0 Å². The van der Waals surface area contributed by atoms with E-state index in [1.165, 1.54) is 0 Å². The number of rotatable bonds is 1. The molecule has 1 aliphatic heterocycles. The van der Waals surface area contributed by atoms with Gasteiger partial charge in [0.1, 0.15) is 11.5 Å². The number of benzene rings is 1. The predicted octanol–water partition coefficient (Wildman–Crippen LogP) is 1.24. The number of ether oxygens (including phenoxy) is 2. The molecule has 0 bridgehead atoms. The molecule has 0 unspecified atom stereocenters. The maximum atomic E-state index is 11.5. The highest BCUT2D eigenvalue weighted by Crippen LogP contribution is 2.33. The normalized spacial score (nSPS) is 14.5. The zero-order chi connectivity index (χ0) is 10.1. The fourth-order valence-electron chi connectivity index (χ4n) is 1.52. The molecule has 1 aromatic carbocycles. The van der Waals surface area contributed by atoms with Gasteiger partial charge < -0.3 is 15.2 Å². The molecule has 0 aliphatic carbocycles. The summed E-state index contributed by atoms with van der Waals surface area (Å²) < 4.78 is 10.4. The minimum atomic E-state index is 0.0337. The van der Waals surface area contributed by atoms with Crippen LogP contribution in [0.4, 0.5) is 5.69 Å². The molecule has 2 N–H and O–H groups in total. The molecule has 1 heterocycles. The molecule has 0 radical (unpaired) electrons. The summed E-state index contributed by atoms with van der Waals surface area (Å²) in [5.74, 6) is 1.17. The van der Waals surface area contributed by atoms with Gasteiger partial charge in [-0.2, -0.15) is 0 Å². The van der Waals surface area contributed by atoms with Crippen LogP contribution in [-0.2, 0) is 0 Å². The molecule has 2 rings (SSSR count). The van der Waals surface area contributed by atoms with Crippen LogP contribution in [0.1, 0.15) is 16.8 Å². The summed E-state index contributed by atoms with van der Waals surface area (Å²) >= 11 is 0. The number of ketones is 1. The highest BCUT2D eigenvalue weighted by molar-refractivity contribution is 6.04. The molecule has 0 atom stereocenters. The molecule has 4 heteroatoms. The minimum absolute atomic E-state index is 0.0337. The van der Waals surface area contributed by atoms with Crippen molar-refractivity contribution in [3.05, 3.63) is 17.7 Å². The first kappa shape index (κ1) is 8.87. The van der Waals surface area contributed by atoms with Crippen LogP contribution in [-0.4, -0.2) is 19.5 Å². The molecular formula is C10H11NO3. The highest BCUT2D eigenvalue weighted by Gasteiger charge is 2.22. The molecular weight excluding hydrogens is 182 g/mol. The number of carbonyl (C=O) groups is 1. The average molecular weight is 193 g/mol. The largest absolute Gasteiger partial charge is 0.497 e. The summed E-state index contributed by atoms with van der Waals surface area (Å²) in [6, 6.07) is 3.31. The quantitative estimate of drug-likeness (QED) is 0.681. The maximum Gasteiger partial charge on any atom is 0.172 e. The van der Waals surface area contributed by atoms with E-state index in [2.05, 4.69) is 0 Å². The Morgan fingerprint density at radius 2 is 2.29 bits per heavy atom. The van der Waals surface area contributed by atoms with Crippen LogP contribution in [0.2, 0.25) is 0 Å². The van der Waals surface area contributed by atoms with Crippen LogP contribution in [0.15, 0.2) is 12.1 Å². The molecule has 0 spiro atoms. The number of anilines is 1. The average Bonchev–Trinajstić information content (AvgIpc) is 2.17. The lowest BCUT2D eigenvalue weighted by Crippen LogP contribution is -2.17. The third-order valence-electron chi connectivity index (χ3n) is 2.21. The number of fused-ring (bicyclic) bond motifs is 1. The Labute approximate surface area is 81.6 Å². The zero-order valence-electron chi connectivity index (χ0n) is 7.87. The van der Waals surface area contributed by atoms with Crippen LogP contribution >= 0.6 is 0 Å². The number of carbonyl (C=O) groups excluding carboxylic acids is 1. The first-order valence-electron chi connectivity index (χ1n) is 4.36. The van der Waals surface area contributed by atoms with Gasteiger partial charge in [-0.1, -0.05) is 0 Å². The van der Waals surface area contributed by atoms with Crippen molar-refractivity contribution in [2.45, 2.75) is 6.42 Å². The van der Waals surface area contributed by atoms with E-state index in [0.717, 1.165) is 0 Å².